The summed E-state index contributed by atoms with van der Waals surface area (Å²) in [4.78, 5) is 0. The molecule has 0 N–H and O–H groups in total. The van der Waals surface area contributed by atoms with Gasteiger partial charge in [0.2, 0.25) is 0 Å². The molecule has 1 spiro atoms. The predicted octanol–water partition coefficient (Wildman–Crippen LogP) is 7.66. The lowest BCUT2D eigenvalue weighted by Gasteiger charge is -2.54. The van der Waals surface area contributed by atoms with Gasteiger partial charge in [0, 0.05) is 15.9 Å². The van der Waals surface area contributed by atoms with Crippen molar-refractivity contribution in [3.8, 4) is 0 Å². The van der Waals surface area contributed by atoms with Crippen molar-refractivity contribution in [2.24, 2.45) is 16.7 Å². The van der Waals surface area contributed by atoms with Gasteiger partial charge in [-0.25, -0.2) is 0 Å². The molecular formula is C30H29Cl. The van der Waals surface area contributed by atoms with Gasteiger partial charge in [-0.3, -0.25) is 0 Å². The summed E-state index contributed by atoms with van der Waals surface area (Å²) in [7, 11) is 0. The molecule has 0 aromatic heterocycles. The second-order valence-electron chi connectivity index (χ2n) is 11.9. The number of hydrogen-bond donors (Lipinski definition) is 0. The van der Waals surface area contributed by atoms with Crippen LogP contribution in [-0.2, 0) is 16.2 Å². The van der Waals surface area contributed by atoms with Gasteiger partial charge in [0.05, 0.1) is 0 Å². The van der Waals surface area contributed by atoms with E-state index in [0.29, 0.717) is 21.7 Å². The first kappa shape index (κ1) is 17.7. The molecule has 0 bridgehead atoms. The lowest BCUT2D eigenvalue weighted by Crippen LogP contribution is -2.50. The summed E-state index contributed by atoms with van der Waals surface area (Å²) in [6, 6.07) is 18.4. The first-order valence-electron chi connectivity index (χ1n) is 12.2. The first-order valence-corrected chi connectivity index (χ1v) is 12.6. The van der Waals surface area contributed by atoms with E-state index in [0.717, 1.165) is 10.9 Å². The molecule has 2 aromatic carbocycles. The molecule has 31 heavy (non-hydrogen) atoms. The number of rotatable bonds is 3. The van der Waals surface area contributed by atoms with E-state index in [2.05, 4.69) is 74.5 Å². The summed E-state index contributed by atoms with van der Waals surface area (Å²) in [6.45, 7) is 5.23. The summed E-state index contributed by atoms with van der Waals surface area (Å²) >= 11 is 6.26. The van der Waals surface area contributed by atoms with E-state index >= 15 is 0 Å². The van der Waals surface area contributed by atoms with E-state index in [1.165, 1.54) is 44.1 Å². The predicted molar refractivity (Wildman–Crippen MR) is 127 cm³/mol. The molecule has 1 heteroatoms. The molecule has 0 saturated heterocycles. The van der Waals surface area contributed by atoms with Crippen LogP contribution in [0.2, 0.25) is 5.02 Å². The molecule has 4 fully saturated rings. The van der Waals surface area contributed by atoms with Crippen molar-refractivity contribution in [2.45, 2.75) is 68.6 Å². The van der Waals surface area contributed by atoms with Gasteiger partial charge >= 0.3 is 0 Å². The molecule has 5 atom stereocenters. The Morgan fingerprint density at radius 2 is 1.55 bits per heavy atom. The maximum atomic E-state index is 6.26. The Morgan fingerprint density at radius 1 is 0.871 bits per heavy atom. The third-order valence-electron chi connectivity index (χ3n) is 11.1. The summed E-state index contributed by atoms with van der Waals surface area (Å²) in [5.41, 5.74) is 10.0. The van der Waals surface area contributed by atoms with E-state index in [1.54, 1.807) is 22.3 Å². The topological polar surface area (TPSA) is 0 Å². The fourth-order valence-corrected chi connectivity index (χ4v) is 10.2. The van der Waals surface area contributed by atoms with Crippen molar-refractivity contribution in [1.29, 1.82) is 0 Å². The smallest absolute Gasteiger partial charge is 0.0406 e. The normalized spacial score (nSPS) is 43.6. The van der Waals surface area contributed by atoms with Crippen LogP contribution < -0.4 is 0 Å². The van der Waals surface area contributed by atoms with Gasteiger partial charge in [-0.2, -0.15) is 0 Å². The van der Waals surface area contributed by atoms with Crippen molar-refractivity contribution in [2.75, 3.05) is 0 Å². The van der Waals surface area contributed by atoms with Crippen molar-refractivity contribution in [3.63, 3.8) is 0 Å². The maximum absolute atomic E-state index is 6.26. The average Bonchev–Trinajstić information content (AvgIpc) is 3.64. The van der Waals surface area contributed by atoms with Gasteiger partial charge in [0.15, 0.2) is 0 Å². The second kappa shape index (κ2) is 4.91. The van der Waals surface area contributed by atoms with Crippen LogP contribution in [0.25, 0.3) is 0 Å². The SMILES string of the molecule is C[C@]12C3=CCCC=C3[C@@]34C[C@](C)(c5ccccc51)[C@H]3[C@]24CC1(c2ccc(Cl)cc2)CC1. The van der Waals surface area contributed by atoms with Crippen LogP contribution >= 0.6 is 11.6 Å². The Morgan fingerprint density at radius 3 is 2.26 bits per heavy atom. The van der Waals surface area contributed by atoms with E-state index in [9.17, 15) is 0 Å². The van der Waals surface area contributed by atoms with Gasteiger partial charge < -0.3 is 0 Å². The van der Waals surface area contributed by atoms with Gasteiger partial charge in [0.1, 0.15) is 0 Å². The Kier molecular flexibility index (Phi) is 2.81. The maximum Gasteiger partial charge on any atom is 0.0406 e. The highest BCUT2D eigenvalue weighted by Crippen LogP contribution is 3.02. The molecule has 0 amide bonds. The van der Waals surface area contributed by atoms with Gasteiger partial charge in [-0.1, -0.05) is 74.0 Å². The minimum Gasteiger partial charge on any atom is -0.0843 e. The lowest BCUT2D eigenvalue weighted by atomic mass is 9.48. The van der Waals surface area contributed by atoms with E-state index < -0.39 is 0 Å². The second-order valence-corrected chi connectivity index (χ2v) is 12.4. The minimum atomic E-state index is 0.165. The van der Waals surface area contributed by atoms with E-state index in [-0.39, 0.29) is 5.41 Å². The first-order chi connectivity index (χ1) is 14.9. The number of fused-ring (bicyclic) bond motifs is 5. The van der Waals surface area contributed by atoms with Gasteiger partial charge in [0.25, 0.3) is 0 Å². The standard InChI is InChI=1S/C30H29Cl/c1-26-17-29-24-10-6-5-9-23(24)27(2,22-8-4-3-7-21(22)26)30(29,25(26)29)18-28(15-16-28)19-11-13-20(31)14-12-19/h3-4,7-14,25H,5-6,15-18H2,1-2H3/t25-,26-,27-,29+,30-/m1/s1. The Bertz CT molecular complexity index is 1240. The Hall–Kier alpha value is -1.79. The van der Waals surface area contributed by atoms with Crippen LogP contribution in [0.1, 0.15) is 69.1 Å². The van der Waals surface area contributed by atoms with E-state index in [4.69, 9.17) is 11.6 Å². The zero-order valence-corrected chi connectivity index (χ0v) is 19.2. The number of allylic oxidation sites excluding steroid dienone is 4. The molecule has 0 heterocycles. The zero-order valence-electron chi connectivity index (χ0n) is 18.5. The van der Waals surface area contributed by atoms with Crippen LogP contribution in [0.4, 0.5) is 0 Å². The fraction of sp³-hybridized carbons (Fsp3) is 0.467. The van der Waals surface area contributed by atoms with Crippen LogP contribution in [0.15, 0.2) is 71.8 Å². The van der Waals surface area contributed by atoms with Crippen molar-refractivity contribution >= 4 is 11.6 Å². The Balaban J connectivity index is 1.38. The summed E-state index contributed by atoms with van der Waals surface area (Å²) in [6.07, 6.45) is 13.1. The minimum absolute atomic E-state index is 0.165. The number of benzene rings is 2. The third kappa shape index (κ3) is 1.57. The van der Waals surface area contributed by atoms with Crippen LogP contribution in [0.5, 0.6) is 0 Å². The molecule has 156 valence electrons. The summed E-state index contributed by atoms with van der Waals surface area (Å²) in [5, 5.41) is 0.857. The van der Waals surface area contributed by atoms with Gasteiger partial charge in [-0.05, 0) is 101 Å². The quantitative estimate of drug-likeness (QED) is 0.474. The molecule has 0 radical (unpaired) electrons. The van der Waals surface area contributed by atoms with Crippen LogP contribution in [0, 0.1) is 16.7 Å². The fourth-order valence-electron chi connectivity index (χ4n) is 10.1. The molecule has 6 aliphatic carbocycles. The zero-order chi connectivity index (χ0) is 20.9. The molecule has 4 saturated carbocycles. The monoisotopic (exact) mass is 424 g/mol. The lowest BCUT2D eigenvalue weighted by molar-refractivity contribution is 0.159. The summed E-state index contributed by atoms with van der Waals surface area (Å²) < 4.78 is 0. The number of hydrogen-bond acceptors (Lipinski definition) is 0. The highest BCUT2D eigenvalue weighted by atomic mass is 35.5. The molecule has 6 aliphatic rings. The highest BCUT2D eigenvalue weighted by Gasteiger charge is 2.99. The molecule has 8 rings (SSSR count). The van der Waals surface area contributed by atoms with Gasteiger partial charge in [-0.15, -0.1) is 0 Å². The largest absolute Gasteiger partial charge is 0.0843 e. The van der Waals surface area contributed by atoms with Crippen LogP contribution in [-0.4, -0.2) is 0 Å². The molecule has 0 nitrogen and oxygen atoms in total. The summed E-state index contributed by atoms with van der Waals surface area (Å²) in [5.74, 6) is 0.818. The molecule has 2 aromatic rings. The number of halogens is 1. The highest BCUT2D eigenvalue weighted by molar-refractivity contribution is 6.30. The molecular weight excluding hydrogens is 396 g/mol. The Labute approximate surface area is 190 Å². The van der Waals surface area contributed by atoms with Crippen molar-refractivity contribution < 1.29 is 0 Å². The van der Waals surface area contributed by atoms with E-state index in [1.807, 2.05) is 0 Å². The third-order valence-corrected chi connectivity index (χ3v) is 11.3. The average molecular weight is 425 g/mol. The molecule has 0 aliphatic heterocycles. The van der Waals surface area contributed by atoms with Crippen molar-refractivity contribution in [3.05, 3.63) is 93.5 Å². The molecule has 0 unspecified atom stereocenters. The van der Waals surface area contributed by atoms with Crippen LogP contribution in [0.3, 0.4) is 0 Å². The van der Waals surface area contributed by atoms with Crippen molar-refractivity contribution in [1.82, 2.24) is 0 Å².